The normalized spacial score (nSPS) is 16.7. The van der Waals surface area contributed by atoms with E-state index in [1.165, 1.54) is 0 Å². The number of phenols is 2. The molecule has 0 aromatic heterocycles. The highest BCUT2D eigenvalue weighted by Crippen LogP contribution is 2.41. The lowest BCUT2D eigenvalue weighted by atomic mass is 9.88. The lowest BCUT2D eigenvalue weighted by Gasteiger charge is -2.23. The summed E-state index contributed by atoms with van der Waals surface area (Å²) < 4.78 is 24.3. The molecule has 4 aromatic rings. The first kappa shape index (κ1) is 42.5. The minimum absolute atomic E-state index is 0.109. The first-order valence-electron chi connectivity index (χ1n) is 19.3. The number of thioether (sulfide) groups is 4. The summed E-state index contributed by atoms with van der Waals surface area (Å²) in [4.78, 5) is 24.0. The number of aliphatic carboxylic acids is 2. The van der Waals surface area contributed by atoms with Gasteiger partial charge in [-0.25, -0.2) is 9.59 Å². The predicted molar refractivity (Wildman–Crippen MR) is 233 cm³/mol. The van der Waals surface area contributed by atoms with Gasteiger partial charge >= 0.3 is 11.9 Å². The van der Waals surface area contributed by atoms with E-state index in [1.54, 1.807) is 47.0 Å². The number of ether oxygens (including phenoxy) is 4. The van der Waals surface area contributed by atoms with Crippen molar-refractivity contribution in [2.75, 3.05) is 62.7 Å². The Kier molecular flexibility index (Phi) is 15.0. The molecule has 2 heterocycles. The Morgan fingerprint density at radius 1 is 0.466 bits per heavy atom. The fourth-order valence-corrected chi connectivity index (χ4v) is 10.7. The Balaban J connectivity index is 1.50. The Bertz CT molecular complexity index is 1970. The molecule has 1 aliphatic carbocycles. The molecule has 14 heteroatoms. The maximum absolute atomic E-state index is 12.2. The second-order valence-electron chi connectivity index (χ2n) is 14.5. The van der Waals surface area contributed by atoms with Crippen LogP contribution in [0.2, 0.25) is 0 Å². The fourth-order valence-electron chi connectivity index (χ4n) is 7.61. The summed E-state index contributed by atoms with van der Waals surface area (Å²) in [5.41, 5.74) is 9.65. The molecule has 0 atom stereocenters. The third-order valence-corrected chi connectivity index (χ3v) is 14.0. The second kappa shape index (κ2) is 20.5. The fraction of sp³-hybridized carbons (Fsp3) is 0.409. The van der Waals surface area contributed by atoms with Crippen LogP contribution in [0.5, 0.6) is 23.0 Å². The van der Waals surface area contributed by atoms with Gasteiger partial charge in [-0.1, -0.05) is 48.5 Å². The maximum Gasteiger partial charge on any atom is 0.341 e. The van der Waals surface area contributed by atoms with Crippen molar-refractivity contribution in [1.29, 1.82) is 0 Å². The van der Waals surface area contributed by atoms with Crippen LogP contribution in [0, 0.1) is 0 Å². The van der Waals surface area contributed by atoms with Gasteiger partial charge in [-0.15, -0.1) is 0 Å². The summed E-state index contributed by atoms with van der Waals surface area (Å²) in [5, 5.41) is 44.0. The van der Waals surface area contributed by atoms with E-state index in [9.17, 15) is 30.0 Å². The molecule has 7 rings (SSSR count). The standard InChI is InChI=1S/C44H48O10S4/c45-39(46)21-53-43-35-13-29-15-37(43)20-34-12-28-10-32(42(34)50)18-36-14-30(26-58-8-4-52-2-6-56-24-28)16-38(44(36)54-22-40(47)48)19-33-11-27(9-31(17-35)41(33)49)23-55-5-1-51-3-7-57-25-29/h9-16,49-50H,1-8,17-26H2,(H,45,46)(H,47,48). The van der Waals surface area contributed by atoms with Crippen LogP contribution in [-0.2, 0) is 67.8 Å². The van der Waals surface area contributed by atoms with Gasteiger partial charge in [0.05, 0.1) is 26.4 Å². The summed E-state index contributed by atoms with van der Waals surface area (Å²) in [6, 6.07) is 16.2. The third kappa shape index (κ3) is 11.3. The molecule has 58 heavy (non-hydrogen) atoms. The van der Waals surface area contributed by atoms with Crippen LogP contribution >= 0.6 is 47.0 Å². The van der Waals surface area contributed by atoms with Crippen LogP contribution in [0.1, 0.15) is 66.8 Å². The number of carbonyl (C=O) groups is 2. The van der Waals surface area contributed by atoms with Gasteiger partial charge in [0.1, 0.15) is 23.0 Å². The molecule has 0 saturated heterocycles. The smallest absolute Gasteiger partial charge is 0.341 e. The molecule has 0 saturated carbocycles. The largest absolute Gasteiger partial charge is 0.507 e. The molecule has 308 valence electrons. The molecule has 4 aromatic carbocycles. The van der Waals surface area contributed by atoms with E-state index < -0.39 is 25.2 Å². The first-order chi connectivity index (χ1) is 28.2. The van der Waals surface area contributed by atoms with Gasteiger partial charge in [-0.05, 0) is 66.8 Å². The molecule has 3 aliphatic rings. The van der Waals surface area contributed by atoms with E-state index in [2.05, 4.69) is 0 Å². The number of carboxylic acid groups (broad SMARTS) is 2. The van der Waals surface area contributed by atoms with Crippen molar-refractivity contribution in [2.45, 2.75) is 48.7 Å². The van der Waals surface area contributed by atoms with Gasteiger partial charge in [0.15, 0.2) is 13.2 Å². The van der Waals surface area contributed by atoms with E-state index in [1.807, 2.05) is 48.5 Å². The van der Waals surface area contributed by atoms with Crippen LogP contribution in [0.15, 0.2) is 48.5 Å². The zero-order valence-corrected chi connectivity index (χ0v) is 35.5. The zero-order chi connectivity index (χ0) is 40.4. The molecule has 0 amide bonds. The van der Waals surface area contributed by atoms with E-state index in [0.29, 0.717) is 83.2 Å². The van der Waals surface area contributed by atoms with Crippen molar-refractivity contribution in [1.82, 2.24) is 0 Å². The summed E-state index contributed by atoms with van der Waals surface area (Å²) in [7, 11) is 0. The van der Waals surface area contributed by atoms with Gasteiger partial charge in [-0.3, -0.25) is 0 Å². The van der Waals surface area contributed by atoms with Gasteiger partial charge in [0.25, 0.3) is 0 Å². The average Bonchev–Trinajstić information content (AvgIpc) is 3.18. The summed E-state index contributed by atoms with van der Waals surface area (Å²) in [6.45, 7) is 1.39. The minimum atomic E-state index is -1.11. The summed E-state index contributed by atoms with van der Waals surface area (Å²) >= 11 is 7.00. The number of benzene rings is 4. The zero-order valence-electron chi connectivity index (χ0n) is 32.2. The minimum Gasteiger partial charge on any atom is -0.507 e. The van der Waals surface area contributed by atoms with Gasteiger partial charge in [0, 0.05) is 71.7 Å². The molecule has 2 aliphatic heterocycles. The van der Waals surface area contributed by atoms with Gasteiger partial charge in [-0.2, -0.15) is 47.0 Å². The number of hydrogen-bond acceptors (Lipinski definition) is 12. The van der Waals surface area contributed by atoms with Crippen molar-refractivity contribution < 1.29 is 49.0 Å². The van der Waals surface area contributed by atoms with E-state index in [-0.39, 0.29) is 37.2 Å². The molecular weight excluding hydrogens is 817 g/mol. The van der Waals surface area contributed by atoms with Crippen molar-refractivity contribution in [3.8, 4) is 23.0 Å². The van der Waals surface area contributed by atoms with Crippen molar-refractivity contribution in [2.24, 2.45) is 0 Å². The van der Waals surface area contributed by atoms with Crippen molar-refractivity contribution in [3.05, 3.63) is 115 Å². The number of rotatable bonds is 6. The van der Waals surface area contributed by atoms with Crippen LogP contribution < -0.4 is 9.47 Å². The van der Waals surface area contributed by atoms with Crippen LogP contribution in [0.3, 0.4) is 0 Å². The van der Waals surface area contributed by atoms with E-state index in [0.717, 1.165) is 67.5 Å². The van der Waals surface area contributed by atoms with E-state index in [4.69, 9.17) is 18.9 Å². The van der Waals surface area contributed by atoms with Gasteiger partial charge in [0.2, 0.25) is 0 Å². The molecule has 4 N–H and O–H groups in total. The quantitative estimate of drug-likeness (QED) is 0.132. The Hall–Kier alpha value is -3.66. The van der Waals surface area contributed by atoms with Crippen molar-refractivity contribution >= 4 is 59.0 Å². The number of aromatic hydroxyl groups is 2. The maximum atomic E-state index is 12.2. The second-order valence-corrected chi connectivity index (χ2v) is 18.9. The SMILES string of the molecule is O=C(O)COc1c2cc3cc1Cc1cc4cc(c1O)Cc1cc(cc(c1OCC(=O)O)Cc1cc(cc(c1O)C2)CSCCOCCSC3)CSCCOCCSC4. The number of fused-ring (bicyclic) bond motifs is 8. The van der Waals surface area contributed by atoms with E-state index >= 15 is 0 Å². The summed E-state index contributed by atoms with van der Waals surface area (Å²) in [5.74, 6) is 4.80. The molecule has 10 nitrogen and oxygen atoms in total. The Morgan fingerprint density at radius 3 is 0.983 bits per heavy atom. The Morgan fingerprint density at radius 2 is 0.724 bits per heavy atom. The van der Waals surface area contributed by atoms with Crippen LogP contribution in [-0.4, -0.2) is 95.0 Å². The topological polar surface area (TPSA) is 152 Å². The predicted octanol–water partition coefficient (Wildman–Crippen LogP) is 7.69. The van der Waals surface area contributed by atoms with Crippen LogP contribution in [0.4, 0.5) is 0 Å². The van der Waals surface area contributed by atoms with Crippen molar-refractivity contribution in [3.63, 3.8) is 0 Å². The van der Waals surface area contributed by atoms with Crippen LogP contribution in [0.25, 0.3) is 0 Å². The number of phenolic OH excluding ortho intramolecular Hbond substituents is 2. The molecule has 0 fully saturated rings. The average molecular weight is 865 g/mol. The lowest BCUT2D eigenvalue weighted by molar-refractivity contribution is -0.140. The van der Waals surface area contributed by atoms with Gasteiger partial charge < -0.3 is 39.4 Å². The molecule has 12 bridgehead atoms. The Labute approximate surface area is 355 Å². The third-order valence-electron chi connectivity index (χ3n) is 10.0. The highest BCUT2D eigenvalue weighted by molar-refractivity contribution is 7.99. The highest BCUT2D eigenvalue weighted by atomic mass is 32.2. The molecule has 0 radical (unpaired) electrons. The molecule has 0 spiro atoms. The summed E-state index contributed by atoms with van der Waals surface area (Å²) in [6.07, 6.45) is 1.03. The lowest BCUT2D eigenvalue weighted by Crippen LogP contribution is -2.14. The molecule has 0 unspecified atom stereocenters. The highest BCUT2D eigenvalue weighted by Gasteiger charge is 2.24. The monoisotopic (exact) mass is 864 g/mol. The first-order valence-corrected chi connectivity index (χ1v) is 23.9. The number of hydrogen-bond donors (Lipinski definition) is 4. The molecular formula is C44H48O10S4. The number of carboxylic acids is 2.